The molecule has 0 radical (unpaired) electrons. The summed E-state index contributed by atoms with van der Waals surface area (Å²) in [6.45, 7) is 0.871. The van der Waals surface area contributed by atoms with Gasteiger partial charge in [0.2, 0.25) is 0 Å². The van der Waals surface area contributed by atoms with E-state index in [9.17, 15) is 23.1 Å². The average molecular weight is 232 g/mol. The van der Waals surface area contributed by atoms with Crippen LogP contribution in [0, 0.1) is 0 Å². The molecule has 0 heterocycles. The first kappa shape index (κ1) is 12.7. The summed E-state index contributed by atoms with van der Waals surface area (Å²) in [5, 5.41) is 9.50. The van der Waals surface area contributed by atoms with Gasteiger partial charge in [0.25, 0.3) is 5.78 Å². The third-order valence-electron chi connectivity index (χ3n) is 2.14. The maximum Gasteiger partial charge on any atom is 0.453 e. The summed E-state index contributed by atoms with van der Waals surface area (Å²) in [6, 6.07) is 8.06. The first-order valence-corrected chi connectivity index (χ1v) is 4.61. The van der Waals surface area contributed by atoms with Crippen molar-refractivity contribution in [1.29, 1.82) is 0 Å². The topological polar surface area (TPSA) is 37.3 Å². The summed E-state index contributed by atoms with van der Waals surface area (Å²) in [7, 11) is 0. The Morgan fingerprint density at radius 3 is 2.19 bits per heavy atom. The second-order valence-electron chi connectivity index (χ2n) is 3.76. The van der Waals surface area contributed by atoms with E-state index in [2.05, 4.69) is 0 Å². The van der Waals surface area contributed by atoms with Crippen LogP contribution in [0.25, 0.3) is 0 Å². The summed E-state index contributed by atoms with van der Waals surface area (Å²) in [5.41, 5.74) is -1.94. The van der Waals surface area contributed by atoms with Gasteiger partial charge in [0, 0.05) is 6.42 Å². The first-order chi connectivity index (χ1) is 7.23. The lowest BCUT2D eigenvalue weighted by Crippen LogP contribution is -2.46. The van der Waals surface area contributed by atoms with Crippen molar-refractivity contribution in [2.75, 3.05) is 0 Å². The van der Waals surface area contributed by atoms with E-state index in [-0.39, 0.29) is 6.42 Å². The number of Topliss-reactive ketones (excluding diaryl/α,β-unsaturated/α-hetero) is 1. The molecule has 0 spiro atoms. The molecule has 16 heavy (non-hydrogen) atoms. The van der Waals surface area contributed by atoms with Gasteiger partial charge in [-0.2, -0.15) is 13.2 Å². The van der Waals surface area contributed by atoms with Crippen LogP contribution in [0.1, 0.15) is 12.5 Å². The second-order valence-corrected chi connectivity index (χ2v) is 3.76. The van der Waals surface area contributed by atoms with E-state index >= 15 is 0 Å². The number of halogens is 3. The van der Waals surface area contributed by atoms with E-state index in [1.807, 2.05) is 0 Å². The molecule has 0 aliphatic rings. The van der Waals surface area contributed by atoms with Crippen LogP contribution in [0.4, 0.5) is 13.2 Å². The van der Waals surface area contributed by atoms with E-state index in [0.717, 1.165) is 6.92 Å². The summed E-state index contributed by atoms with van der Waals surface area (Å²) in [6.07, 6.45) is -5.37. The van der Waals surface area contributed by atoms with E-state index < -0.39 is 17.6 Å². The second kappa shape index (κ2) is 4.25. The van der Waals surface area contributed by atoms with Gasteiger partial charge in [0.1, 0.15) is 5.60 Å². The van der Waals surface area contributed by atoms with Crippen molar-refractivity contribution in [3.8, 4) is 0 Å². The Balaban J connectivity index is 2.84. The maximum absolute atomic E-state index is 12.1. The minimum absolute atomic E-state index is 0.355. The number of benzene rings is 1. The summed E-state index contributed by atoms with van der Waals surface area (Å²) < 4.78 is 36.4. The number of hydrogen-bond acceptors (Lipinski definition) is 2. The van der Waals surface area contributed by atoms with Gasteiger partial charge < -0.3 is 5.11 Å². The average Bonchev–Trinajstić information content (AvgIpc) is 2.16. The highest BCUT2D eigenvalue weighted by atomic mass is 19.4. The lowest BCUT2D eigenvalue weighted by molar-refractivity contribution is -0.188. The normalized spacial score (nSPS) is 15.6. The summed E-state index contributed by atoms with van der Waals surface area (Å²) in [4.78, 5) is 10.9. The summed E-state index contributed by atoms with van der Waals surface area (Å²) >= 11 is 0. The van der Waals surface area contributed by atoms with Crippen molar-refractivity contribution in [1.82, 2.24) is 0 Å². The number of rotatable bonds is 3. The molecule has 1 unspecified atom stereocenters. The van der Waals surface area contributed by atoms with Crippen molar-refractivity contribution in [2.24, 2.45) is 0 Å². The SMILES string of the molecule is CC(O)(Cc1ccccc1)C(=O)C(F)(F)F. The van der Waals surface area contributed by atoms with Crippen molar-refractivity contribution in [2.45, 2.75) is 25.1 Å². The molecule has 0 bridgehead atoms. The van der Waals surface area contributed by atoms with Crippen LogP contribution in [-0.2, 0) is 11.2 Å². The quantitative estimate of drug-likeness (QED) is 0.866. The van der Waals surface area contributed by atoms with Crippen molar-refractivity contribution >= 4 is 5.78 Å². The fourth-order valence-electron chi connectivity index (χ4n) is 1.38. The van der Waals surface area contributed by atoms with Crippen LogP contribution in [0.2, 0.25) is 0 Å². The molecule has 88 valence electrons. The Bertz CT molecular complexity index is 369. The number of alkyl halides is 3. The third kappa shape index (κ3) is 3.06. The molecule has 1 aromatic rings. The number of aliphatic hydroxyl groups is 1. The minimum atomic E-state index is -5.02. The zero-order valence-corrected chi connectivity index (χ0v) is 8.58. The highest BCUT2D eigenvalue weighted by molar-refractivity contribution is 5.91. The predicted molar refractivity (Wildman–Crippen MR) is 51.8 cm³/mol. The molecule has 0 amide bonds. The van der Waals surface area contributed by atoms with Crippen molar-refractivity contribution in [3.63, 3.8) is 0 Å². The third-order valence-corrected chi connectivity index (χ3v) is 2.14. The van der Waals surface area contributed by atoms with Crippen molar-refractivity contribution in [3.05, 3.63) is 35.9 Å². The highest BCUT2D eigenvalue weighted by Gasteiger charge is 2.49. The van der Waals surface area contributed by atoms with Crippen LogP contribution in [0.15, 0.2) is 30.3 Å². The van der Waals surface area contributed by atoms with Crippen molar-refractivity contribution < 1.29 is 23.1 Å². The van der Waals surface area contributed by atoms with E-state index in [4.69, 9.17) is 0 Å². The molecule has 0 aliphatic carbocycles. The molecule has 0 fully saturated rings. The minimum Gasteiger partial charge on any atom is -0.382 e. The number of carbonyl (C=O) groups is 1. The lowest BCUT2D eigenvalue weighted by atomic mass is 9.92. The molecular formula is C11H11F3O2. The van der Waals surface area contributed by atoms with Gasteiger partial charge in [-0.3, -0.25) is 4.79 Å². The van der Waals surface area contributed by atoms with Crippen LogP contribution in [0.5, 0.6) is 0 Å². The van der Waals surface area contributed by atoms with Gasteiger partial charge in [0.05, 0.1) is 0 Å². The first-order valence-electron chi connectivity index (χ1n) is 4.61. The molecule has 0 saturated carbocycles. The molecule has 5 heteroatoms. The Morgan fingerprint density at radius 1 is 1.25 bits per heavy atom. The van der Waals surface area contributed by atoms with E-state index in [1.165, 1.54) is 0 Å². The van der Waals surface area contributed by atoms with E-state index in [0.29, 0.717) is 5.56 Å². The van der Waals surface area contributed by atoms with Gasteiger partial charge >= 0.3 is 6.18 Å². The summed E-state index contributed by atoms with van der Waals surface area (Å²) in [5.74, 6) is -2.12. The molecule has 0 saturated heterocycles. The number of ketones is 1. The number of carbonyl (C=O) groups excluding carboxylic acids is 1. The maximum atomic E-state index is 12.1. The predicted octanol–water partition coefficient (Wildman–Crippen LogP) is 2.11. The Labute approximate surface area is 90.7 Å². The molecule has 1 rings (SSSR count). The lowest BCUT2D eigenvalue weighted by Gasteiger charge is -2.22. The molecule has 0 aliphatic heterocycles. The smallest absolute Gasteiger partial charge is 0.382 e. The molecule has 2 nitrogen and oxygen atoms in total. The van der Waals surface area contributed by atoms with Crippen LogP contribution in [-0.4, -0.2) is 22.7 Å². The fourth-order valence-corrected chi connectivity index (χ4v) is 1.38. The van der Waals surface area contributed by atoms with Gasteiger partial charge in [-0.25, -0.2) is 0 Å². The Kier molecular flexibility index (Phi) is 3.38. The monoisotopic (exact) mass is 232 g/mol. The zero-order chi connectivity index (χ0) is 12.4. The molecular weight excluding hydrogens is 221 g/mol. The standard InChI is InChI=1S/C11H11F3O2/c1-10(16,9(15)11(12,13)14)7-8-5-3-2-4-6-8/h2-6,16H,7H2,1H3. The molecule has 1 N–H and O–H groups in total. The Hall–Kier alpha value is -1.36. The van der Waals surface area contributed by atoms with Gasteiger partial charge in [-0.05, 0) is 12.5 Å². The van der Waals surface area contributed by atoms with Crippen LogP contribution in [0.3, 0.4) is 0 Å². The zero-order valence-electron chi connectivity index (χ0n) is 8.58. The highest BCUT2D eigenvalue weighted by Crippen LogP contribution is 2.26. The van der Waals surface area contributed by atoms with E-state index in [1.54, 1.807) is 30.3 Å². The Morgan fingerprint density at radius 2 is 1.75 bits per heavy atom. The van der Waals surface area contributed by atoms with Gasteiger partial charge in [0.15, 0.2) is 0 Å². The molecule has 0 aromatic heterocycles. The largest absolute Gasteiger partial charge is 0.453 e. The van der Waals surface area contributed by atoms with Gasteiger partial charge in [-0.15, -0.1) is 0 Å². The molecule has 1 atom stereocenters. The van der Waals surface area contributed by atoms with Gasteiger partial charge in [-0.1, -0.05) is 30.3 Å². The fraction of sp³-hybridized carbons (Fsp3) is 0.364. The number of hydrogen-bond donors (Lipinski definition) is 1. The molecule has 1 aromatic carbocycles. The van der Waals surface area contributed by atoms with Crippen LogP contribution < -0.4 is 0 Å². The van der Waals surface area contributed by atoms with Crippen LogP contribution >= 0.6 is 0 Å².